The maximum atomic E-state index is 13.6. The Morgan fingerprint density at radius 2 is 1.84 bits per heavy atom. The molecule has 2 aromatic heterocycles. The van der Waals surface area contributed by atoms with Crippen LogP contribution in [-0.2, 0) is 26.2 Å². The summed E-state index contributed by atoms with van der Waals surface area (Å²) in [4.78, 5) is 21.4. The number of carbonyl (C=O) groups is 1. The third-order valence-corrected chi connectivity index (χ3v) is 6.67. The minimum absolute atomic E-state index is 0.137. The maximum absolute atomic E-state index is 13.6. The molecule has 0 saturated heterocycles. The lowest BCUT2D eigenvalue weighted by molar-refractivity contribution is 0.0722. The van der Waals surface area contributed by atoms with E-state index in [0.29, 0.717) is 6.54 Å². The van der Waals surface area contributed by atoms with Crippen LogP contribution in [0.5, 0.6) is 0 Å². The molecule has 0 bridgehead atoms. The third-order valence-electron chi connectivity index (χ3n) is 5.81. The molecule has 1 amide bonds. The van der Waals surface area contributed by atoms with E-state index in [-0.39, 0.29) is 5.91 Å². The molecule has 0 N–H and O–H groups in total. The lowest BCUT2D eigenvalue weighted by Gasteiger charge is -2.25. The molecule has 0 radical (unpaired) electrons. The summed E-state index contributed by atoms with van der Waals surface area (Å²) >= 11 is 1.71. The van der Waals surface area contributed by atoms with Gasteiger partial charge in [-0.2, -0.15) is 0 Å². The Balaban J connectivity index is 1.50. The fourth-order valence-corrected chi connectivity index (χ4v) is 4.88. The van der Waals surface area contributed by atoms with Gasteiger partial charge in [-0.1, -0.05) is 36.4 Å². The number of amides is 1. The van der Waals surface area contributed by atoms with E-state index < -0.39 is 0 Å². The highest BCUT2D eigenvalue weighted by Crippen LogP contribution is 2.21. The molecular weight excluding hydrogens is 404 g/mol. The lowest BCUT2D eigenvalue weighted by atomic mass is 10.2. The highest BCUT2D eigenvalue weighted by Gasteiger charge is 2.24. The van der Waals surface area contributed by atoms with Gasteiger partial charge in [0.1, 0.15) is 5.69 Å². The molecule has 0 unspecified atom stereocenters. The predicted molar refractivity (Wildman–Crippen MR) is 127 cm³/mol. The van der Waals surface area contributed by atoms with Crippen LogP contribution in [0.2, 0.25) is 0 Å². The van der Waals surface area contributed by atoms with Crippen molar-refractivity contribution < 1.29 is 4.79 Å². The Morgan fingerprint density at radius 1 is 1.00 bits per heavy atom. The SMILES string of the molecule is CN(C)CCN(Cc1cccs1)C(=O)c1ccc2n1CCCN(Cc1ccccc1)C2. The molecule has 1 aromatic carbocycles. The van der Waals surface area contributed by atoms with E-state index in [2.05, 4.69) is 82.4 Å². The molecule has 1 aliphatic rings. The fraction of sp³-hybridized carbons (Fsp3) is 0.400. The Kier molecular flexibility index (Phi) is 7.22. The number of likely N-dealkylation sites (N-methyl/N-ethyl adjacent to an activating group) is 1. The number of benzene rings is 1. The van der Waals surface area contributed by atoms with E-state index in [1.165, 1.54) is 16.1 Å². The van der Waals surface area contributed by atoms with E-state index >= 15 is 0 Å². The molecule has 0 saturated carbocycles. The van der Waals surface area contributed by atoms with Crippen molar-refractivity contribution in [2.75, 3.05) is 33.7 Å². The van der Waals surface area contributed by atoms with Crippen molar-refractivity contribution in [3.05, 3.63) is 81.8 Å². The zero-order chi connectivity index (χ0) is 21.6. The molecule has 0 atom stereocenters. The molecule has 0 aliphatic carbocycles. The van der Waals surface area contributed by atoms with E-state index in [1.807, 2.05) is 11.0 Å². The highest BCUT2D eigenvalue weighted by atomic mass is 32.1. The summed E-state index contributed by atoms with van der Waals surface area (Å²) in [5.41, 5.74) is 3.40. The molecular formula is C25H32N4OS. The van der Waals surface area contributed by atoms with Crippen LogP contribution in [-0.4, -0.2) is 58.9 Å². The first-order valence-corrected chi connectivity index (χ1v) is 11.9. The van der Waals surface area contributed by atoms with Gasteiger partial charge in [0.2, 0.25) is 0 Å². The average molecular weight is 437 g/mol. The Morgan fingerprint density at radius 3 is 2.58 bits per heavy atom. The van der Waals surface area contributed by atoms with Crippen molar-refractivity contribution in [2.45, 2.75) is 32.6 Å². The lowest BCUT2D eigenvalue weighted by Crippen LogP contribution is -2.37. The molecule has 6 heteroatoms. The van der Waals surface area contributed by atoms with Gasteiger partial charge in [0.05, 0.1) is 6.54 Å². The second-order valence-electron chi connectivity index (χ2n) is 8.52. The Hall–Kier alpha value is -2.41. The number of aromatic nitrogens is 1. The van der Waals surface area contributed by atoms with Gasteiger partial charge in [-0.05, 0) is 49.7 Å². The molecule has 3 aromatic rings. The van der Waals surface area contributed by atoms with Crippen LogP contribution in [0.4, 0.5) is 0 Å². The number of fused-ring (bicyclic) bond motifs is 1. The Bertz CT molecular complexity index is 965. The molecule has 1 aliphatic heterocycles. The van der Waals surface area contributed by atoms with Crippen LogP contribution in [0, 0.1) is 0 Å². The monoisotopic (exact) mass is 436 g/mol. The summed E-state index contributed by atoms with van der Waals surface area (Å²) in [5, 5.41) is 2.08. The van der Waals surface area contributed by atoms with Crippen LogP contribution in [0.25, 0.3) is 0 Å². The minimum atomic E-state index is 0.137. The van der Waals surface area contributed by atoms with Crippen molar-refractivity contribution in [3.63, 3.8) is 0 Å². The normalized spacial score (nSPS) is 14.4. The predicted octanol–water partition coefficient (Wildman–Crippen LogP) is 4.16. The van der Waals surface area contributed by atoms with Gasteiger partial charge < -0.3 is 14.4 Å². The smallest absolute Gasteiger partial charge is 0.270 e. The number of hydrogen-bond donors (Lipinski definition) is 0. The summed E-state index contributed by atoms with van der Waals surface area (Å²) in [6, 6.07) is 19.0. The van der Waals surface area contributed by atoms with Crippen LogP contribution < -0.4 is 0 Å². The summed E-state index contributed by atoms with van der Waals surface area (Å²) in [5.74, 6) is 0.137. The standard InChI is InChI=1S/C25H32N4OS/c1-26(2)15-16-28(20-23-10-6-17-31-23)25(30)24-12-11-22-19-27(13-7-14-29(22)24)18-21-8-4-3-5-9-21/h3-6,8-12,17H,7,13-16,18-20H2,1-2H3. The van der Waals surface area contributed by atoms with Crippen LogP contribution >= 0.6 is 11.3 Å². The van der Waals surface area contributed by atoms with Crippen LogP contribution in [0.1, 0.15) is 33.0 Å². The van der Waals surface area contributed by atoms with Crippen molar-refractivity contribution in [3.8, 4) is 0 Å². The number of nitrogens with zero attached hydrogens (tertiary/aromatic N) is 4. The minimum Gasteiger partial charge on any atom is -0.339 e. The first-order chi connectivity index (χ1) is 15.1. The van der Waals surface area contributed by atoms with Gasteiger partial charge >= 0.3 is 0 Å². The number of rotatable bonds is 8. The van der Waals surface area contributed by atoms with Crippen molar-refractivity contribution >= 4 is 17.2 Å². The number of carbonyl (C=O) groups excluding carboxylic acids is 1. The van der Waals surface area contributed by atoms with Gasteiger partial charge in [0.25, 0.3) is 5.91 Å². The summed E-state index contributed by atoms with van der Waals surface area (Å²) in [6.07, 6.45) is 1.05. The van der Waals surface area contributed by atoms with Crippen LogP contribution in [0.3, 0.4) is 0 Å². The zero-order valence-electron chi connectivity index (χ0n) is 18.5. The second-order valence-corrected chi connectivity index (χ2v) is 9.55. The summed E-state index contributed by atoms with van der Waals surface area (Å²) in [6.45, 7) is 6.03. The van der Waals surface area contributed by atoms with Gasteiger partial charge in [0.15, 0.2) is 0 Å². The van der Waals surface area contributed by atoms with Gasteiger partial charge in [-0.3, -0.25) is 9.69 Å². The van der Waals surface area contributed by atoms with E-state index in [4.69, 9.17) is 0 Å². The van der Waals surface area contributed by atoms with Crippen molar-refractivity contribution in [2.24, 2.45) is 0 Å². The van der Waals surface area contributed by atoms with Gasteiger partial charge in [0, 0.05) is 49.8 Å². The molecule has 4 rings (SSSR count). The fourth-order valence-electron chi connectivity index (χ4n) is 4.16. The Labute approximate surface area is 189 Å². The van der Waals surface area contributed by atoms with Gasteiger partial charge in [-0.15, -0.1) is 11.3 Å². The largest absolute Gasteiger partial charge is 0.339 e. The van der Waals surface area contributed by atoms with Gasteiger partial charge in [-0.25, -0.2) is 0 Å². The van der Waals surface area contributed by atoms with Crippen LogP contribution in [0.15, 0.2) is 60.0 Å². The zero-order valence-corrected chi connectivity index (χ0v) is 19.4. The number of thiophene rings is 1. The quantitative estimate of drug-likeness (QED) is 0.531. The molecule has 0 spiro atoms. The summed E-state index contributed by atoms with van der Waals surface area (Å²) in [7, 11) is 4.11. The maximum Gasteiger partial charge on any atom is 0.270 e. The topological polar surface area (TPSA) is 31.7 Å². The second kappa shape index (κ2) is 10.3. The summed E-state index contributed by atoms with van der Waals surface area (Å²) < 4.78 is 2.25. The van der Waals surface area contributed by atoms with Crippen molar-refractivity contribution in [1.82, 2.24) is 19.3 Å². The average Bonchev–Trinajstić information content (AvgIpc) is 3.37. The van der Waals surface area contributed by atoms with E-state index in [0.717, 1.165) is 51.4 Å². The first-order valence-electron chi connectivity index (χ1n) is 11.0. The molecule has 0 fully saturated rings. The molecule has 5 nitrogen and oxygen atoms in total. The number of hydrogen-bond acceptors (Lipinski definition) is 4. The van der Waals surface area contributed by atoms with E-state index in [9.17, 15) is 4.79 Å². The third kappa shape index (κ3) is 5.64. The van der Waals surface area contributed by atoms with Crippen molar-refractivity contribution in [1.29, 1.82) is 0 Å². The highest BCUT2D eigenvalue weighted by molar-refractivity contribution is 7.09. The molecule has 31 heavy (non-hydrogen) atoms. The van der Waals surface area contributed by atoms with E-state index in [1.54, 1.807) is 11.3 Å². The first kappa shape index (κ1) is 21.8. The molecule has 3 heterocycles. The molecule has 164 valence electrons.